The number of rotatable bonds is 7. The molecule has 8 heteroatoms. The molecular formula is C27H30N4O4. The molecule has 1 spiro atoms. The van der Waals surface area contributed by atoms with Gasteiger partial charge in [-0.15, -0.1) is 0 Å². The third-order valence-electron chi connectivity index (χ3n) is 6.53. The van der Waals surface area contributed by atoms with Crippen LogP contribution in [0.3, 0.4) is 0 Å². The molecule has 0 aliphatic carbocycles. The summed E-state index contributed by atoms with van der Waals surface area (Å²) in [5.74, 6) is 0.0483. The van der Waals surface area contributed by atoms with Crippen LogP contribution in [0.2, 0.25) is 0 Å². The van der Waals surface area contributed by atoms with Crippen LogP contribution in [0, 0.1) is 0 Å². The zero-order chi connectivity index (χ0) is 24.1. The molecule has 1 N–H and O–H groups in total. The van der Waals surface area contributed by atoms with E-state index >= 15 is 0 Å². The number of likely N-dealkylation sites (tertiary alicyclic amines) is 1. The maximum Gasteiger partial charge on any atom is 0.225 e. The molecule has 35 heavy (non-hydrogen) atoms. The van der Waals surface area contributed by atoms with E-state index in [-0.39, 0.29) is 18.2 Å². The second kappa shape index (κ2) is 10.4. The van der Waals surface area contributed by atoms with Gasteiger partial charge in [-0.2, -0.15) is 5.10 Å². The molecule has 0 radical (unpaired) electrons. The van der Waals surface area contributed by atoms with Crippen LogP contribution in [0.25, 0.3) is 16.9 Å². The summed E-state index contributed by atoms with van der Waals surface area (Å²) in [7, 11) is 0. The zero-order valence-electron chi connectivity index (χ0n) is 19.7. The van der Waals surface area contributed by atoms with Crippen molar-refractivity contribution in [2.75, 3.05) is 31.6 Å². The van der Waals surface area contributed by atoms with E-state index in [1.807, 2.05) is 71.6 Å². The summed E-state index contributed by atoms with van der Waals surface area (Å²) in [5, 5.41) is 7.71. The molecule has 2 saturated heterocycles. The van der Waals surface area contributed by atoms with Crippen molar-refractivity contribution < 1.29 is 19.1 Å². The van der Waals surface area contributed by atoms with Gasteiger partial charge in [0, 0.05) is 50.4 Å². The van der Waals surface area contributed by atoms with Crippen LogP contribution in [0.4, 0.5) is 5.82 Å². The second-order valence-electron chi connectivity index (χ2n) is 8.92. The van der Waals surface area contributed by atoms with Crippen LogP contribution < -0.4 is 5.32 Å². The SMILES string of the molecule is O=C(CCCC(=O)N1CCC2(CC1)OCCO2)Nc1cc(-c2ccccc2)nn1-c1ccccc1. The Bertz CT molecular complexity index is 1150. The standard InChI is InChI=1S/C27H30N4O4/c32-25(12-7-13-26(33)30-16-14-27(15-17-30)34-18-19-35-27)28-24-20-23(21-8-3-1-4-9-21)29-31(24)22-10-5-2-6-11-22/h1-6,8-11,20H,7,12-19H2,(H,28,32). The molecular weight excluding hydrogens is 444 g/mol. The molecule has 8 nitrogen and oxygen atoms in total. The first-order chi connectivity index (χ1) is 17.1. The van der Waals surface area contributed by atoms with Gasteiger partial charge < -0.3 is 19.7 Å². The largest absolute Gasteiger partial charge is 0.347 e. The lowest BCUT2D eigenvalue weighted by Gasteiger charge is -2.37. The highest BCUT2D eigenvalue weighted by atomic mass is 16.7. The fourth-order valence-electron chi connectivity index (χ4n) is 4.63. The summed E-state index contributed by atoms with van der Waals surface area (Å²) in [6.45, 7) is 2.51. The van der Waals surface area contributed by atoms with Crippen molar-refractivity contribution >= 4 is 17.6 Å². The number of carbonyl (C=O) groups excluding carboxylic acids is 2. The molecule has 0 saturated carbocycles. The van der Waals surface area contributed by atoms with E-state index in [9.17, 15) is 9.59 Å². The lowest BCUT2D eigenvalue weighted by Crippen LogP contribution is -2.47. The van der Waals surface area contributed by atoms with Gasteiger partial charge in [0.25, 0.3) is 0 Å². The highest BCUT2D eigenvalue weighted by Crippen LogP contribution is 2.31. The predicted molar refractivity (Wildman–Crippen MR) is 132 cm³/mol. The molecule has 0 atom stereocenters. The van der Waals surface area contributed by atoms with Gasteiger partial charge in [-0.25, -0.2) is 4.68 Å². The lowest BCUT2D eigenvalue weighted by atomic mass is 10.0. The number of para-hydroxylation sites is 1. The van der Waals surface area contributed by atoms with E-state index in [1.54, 1.807) is 4.68 Å². The number of nitrogens with zero attached hydrogens (tertiary/aromatic N) is 3. The normalized spacial score (nSPS) is 17.0. The molecule has 3 aromatic rings. The molecule has 2 aromatic carbocycles. The van der Waals surface area contributed by atoms with Crippen molar-refractivity contribution in [3.8, 4) is 16.9 Å². The van der Waals surface area contributed by atoms with E-state index in [4.69, 9.17) is 14.6 Å². The smallest absolute Gasteiger partial charge is 0.225 e. The molecule has 3 heterocycles. The molecule has 2 aliphatic rings. The third-order valence-corrected chi connectivity index (χ3v) is 6.53. The van der Waals surface area contributed by atoms with Gasteiger partial charge in [0.05, 0.1) is 24.6 Å². The summed E-state index contributed by atoms with van der Waals surface area (Å²) in [4.78, 5) is 27.3. The van der Waals surface area contributed by atoms with Crippen molar-refractivity contribution in [3.63, 3.8) is 0 Å². The van der Waals surface area contributed by atoms with E-state index in [2.05, 4.69) is 5.32 Å². The number of nitrogens with one attached hydrogen (secondary N) is 1. The number of piperidine rings is 1. The van der Waals surface area contributed by atoms with E-state index in [1.165, 1.54) is 0 Å². The number of amides is 2. The van der Waals surface area contributed by atoms with E-state index in [0.29, 0.717) is 57.8 Å². The molecule has 1 aromatic heterocycles. The molecule has 2 fully saturated rings. The second-order valence-corrected chi connectivity index (χ2v) is 8.92. The molecule has 182 valence electrons. The number of anilines is 1. The summed E-state index contributed by atoms with van der Waals surface area (Å²) in [6, 6.07) is 21.4. The van der Waals surface area contributed by atoms with Crippen LogP contribution in [0.5, 0.6) is 0 Å². The Morgan fingerprint density at radius 1 is 0.914 bits per heavy atom. The number of ether oxygens (including phenoxy) is 2. The highest BCUT2D eigenvalue weighted by molar-refractivity contribution is 5.91. The Labute approximate surface area is 204 Å². The molecule has 2 aliphatic heterocycles. The first-order valence-corrected chi connectivity index (χ1v) is 12.2. The van der Waals surface area contributed by atoms with Gasteiger partial charge in [-0.05, 0) is 18.6 Å². The summed E-state index contributed by atoms with van der Waals surface area (Å²) >= 11 is 0. The van der Waals surface area contributed by atoms with Gasteiger partial charge >= 0.3 is 0 Å². The number of aromatic nitrogens is 2. The Morgan fingerprint density at radius 2 is 1.57 bits per heavy atom. The first kappa shape index (κ1) is 23.3. The van der Waals surface area contributed by atoms with Crippen LogP contribution in [-0.4, -0.2) is 58.6 Å². The Morgan fingerprint density at radius 3 is 2.26 bits per heavy atom. The Kier molecular flexibility index (Phi) is 6.92. The minimum Gasteiger partial charge on any atom is -0.347 e. The van der Waals surface area contributed by atoms with Crippen LogP contribution in [-0.2, 0) is 19.1 Å². The van der Waals surface area contributed by atoms with Crippen molar-refractivity contribution in [1.29, 1.82) is 0 Å². The average Bonchev–Trinajstić information content (AvgIpc) is 3.53. The van der Waals surface area contributed by atoms with Crippen LogP contribution in [0.15, 0.2) is 66.7 Å². The quantitative estimate of drug-likeness (QED) is 0.559. The van der Waals surface area contributed by atoms with Crippen LogP contribution in [0.1, 0.15) is 32.1 Å². The van der Waals surface area contributed by atoms with Gasteiger partial charge in [0.1, 0.15) is 5.82 Å². The molecule has 0 bridgehead atoms. The number of hydrogen-bond donors (Lipinski definition) is 1. The van der Waals surface area contributed by atoms with Gasteiger partial charge in [0.2, 0.25) is 11.8 Å². The summed E-state index contributed by atoms with van der Waals surface area (Å²) in [6.07, 6.45) is 2.49. The zero-order valence-corrected chi connectivity index (χ0v) is 19.7. The summed E-state index contributed by atoms with van der Waals surface area (Å²) in [5.41, 5.74) is 2.61. The molecule has 0 unspecified atom stereocenters. The Balaban J connectivity index is 1.17. The first-order valence-electron chi connectivity index (χ1n) is 12.2. The van der Waals surface area contributed by atoms with Crippen molar-refractivity contribution in [2.24, 2.45) is 0 Å². The van der Waals surface area contributed by atoms with Crippen molar-refractivity contribution in [3.05, 3.63) is 66.7 Å². The number of carbonyl (C=O) groups is 2. The third kappa shape index (κ3) is 5.44. The fourth-order valence-corrected chi connectivity index (χ4v) is 4.63. The summed E-state index contributed by atoms with van der Waals surface area (Å²) < 4.78 is 13.2. The molecule has 2 amide bonds. The minimum atomic E-state index is -0.489. The topological polar surface area (TPSA) is 85.7 Å². The average molecular weight is 475 g/mol. The lowest BCUT2D eigenvalue weighted by molar-refractivity contribution is -0.187. The van der Waals surface area contributed by atoms with Gasteiger partial charge in [0.15, 0.2) is 5.79 Å². The maximum atomic E-state index is 12.8. The highest BCUT2D eigenvalue weighted by Gasteiger charge is 2.40. The Hall–Kier alpha value is -3.49. The molecule has 5 rings (SSSR count). The predicted octanol–water partition coefficient (Wildman–Crippen LogP) is 4.01. The maximum absolute atomic E-state index is 12.8. The minimum absolute atomic E-state index is 0.0753. The number of hydrogen-bond acceptors (Lipinski definition) is 5. The van der Waals surface area contributed by atoms with Crippen molar-refractivity contribution in [1.82, 2.24) is 14.7 Å². The van der Waals surface area contributed by atoms with Crippen molar-refractivity contribution in [2.45, 2.75) is 37.9 Å². The van der Waals surface area contributed by atoms with E-state index < -0.39 is 5.79 Å². The van der Waals surface area contributed by atoms with Gasteiger partial charge in [-0.3, -0.25) is 9.59 Å². The van der Waals surface area contributed by atoms with E-state index in [0.717, 1.165) is 16.9 Å². The monoisotopic (exact) mass is 474 g/mol. The van der Waals surface area contributed by atoms with Crippen LogP contribution >= 0.6 is 0 Å². The number of benzene rings is 2. The fraction of sp³-hybridized carbons (Fsp3) is 0.370. The van der Waals surface area contributed by atoms with Gasteiger partial charge in [-0.1, -0.05) is 48.5 Å².